The molecule has 1 N–H and O–H groups in total. The Labute approximate surface area is 122 Å². The summed E-state index contributed by atoms with van der Waals surface area (Å²) in [6.07, 6.45) is -3.03. The van der Waals surface area contributed by atoms with Crippen LogP contribution in [0.4, 0.5) is 13.2 Å². The van der Waals surface area contributed by atoms with E-state index in [1.54, 1.807) is 4.90 Å². The lowest BCUT2D eigenvalue weighted by Gasteiger charge is -2.36. The third kappa shape index (κ3) is 4.78. The van der Waals surface area contributed by atoms with Crippen LogP contribution >= 0.6 is 0 Å². The summed E-state index contributed by atoms with van der Waals surface area (Å²) in [6, 6.07) is 0.379. The van der Waals surface area contributed by atoms with E-state index in [9.17, 15) is 18.0 Å². The monoisotopic (exact) mass is 306 g/mol. The van der Waals surface area contributed by atoms with Crippen molar-refractivity contribution in [3.63, 3.8) is 0 Å². The highest BCUT2D eigenvalue weighted by Gasteiger charge is 2.36. The minimum atomic E-state index is -4.21. The second-order valence-electron chi connectivity index (χ2n) is 5.34. The number of rotatable bonds is 4. The van der Waals surface area contributed by atoms with Gasteiger partial charge in [0.25, 0.3) is 0 Å². The largest absolute Gasteiger partial charge is 0.390 e. The lowest BCUT2D eigenvalue weighted by atomic mass is 10.3. The maximum atomic E-state index is 12.2. The van der Waals surface area contributed by atoms with Crippen molar-refractivity contribution in [3.05, 3.63) is 0 Å². The average Bonchev–Trinajstić information content (AvgIpc) is 3.20. The van der Waals surface area contributed by atoms with E-state index in [1.807, 2.05) is 11.8 Å². The van der Waals surface area contributed by atoms with Crippen molar-refractivity contribution in [1.29, 1.82) is 0 Å². The highest BCUT2D eigenvalue weighted by Crippen LogP contribution is 2.28. The van der Waals surface area contributed by atoms with Crippen molar-refractivity contribution >= 4 is 11.9 Å². The Kier molecular flexibility index (Phi) is 4.95. The number of hydrogen-bond donors (Lipinski definition) is 1. The molecule has 0 bridgehead atoms. The molecule has 120 valence electrons. The number of carbonyl (C=O) groups is 1. The van der Waals surface area contributed by atoms with Crippen LogP contribution in [0.25, 0.3) is 0 Å². The molecule has 0 aromatic rings. The molecular formula is C13H21F3N4O. The van der Waals surface area contributed by atoms with Gasteiger partial charge >= 0.3 is 6.18 Å². The van der Waals surface area contributed by atoms with E-state index in [0.29, 0.717) is 31.6 Å². The van der Waals surface area contributed by atoms with Gasteiger partial charge in [0.2, 0.25) is 5.91 Å². The molecule has 0 aromatic carbocycles. The van der Waals surface area contributed by atoms with Crippen molar-refractivity contribution in [1.82, 2.24) is 15.1 Å². The van der Waals surface area contributed by atoms with Crippen LogP contribution < -0.4 is 5.32 Å². The summed E-state index contributed by atoms with van der Waals surface area (Å²) >= 11 is 0. The first-order valence-corrected chi connectivity index (χ1v) is 7.30. The van der Waals surface area contributed by atoms with E-state index < -0.39 is 12.6 Å². The Morgan fingerprint density at radius 1 is 1.38 bits per heavy atom. The number of halogens is 3. The average molecular weight is 306 g/mol. The van der Waals surface area contributed by atoms with E-state index in [2.05, 4.69) is 10.3 Å². The number of nitrogens with one attached hydrogen (secondary N) is 1. The molecule has 0 spiro atoms. The van der Waals surface area contributed by atoms with Crippen LogP contribution in [0.1, 0.15) is 26.2 Å². The van der Waals surface area contributed by atoms with Crippen LogP contribution in [0, 0.1) is 0 Å². The van der Waals surface area contributed by atoms with E-state index >= 15 is 0 Å². The summed E-state index contributed by atoms with van der Waals surface area (Å²) in [5, 5.41) is 2.96. The molecule has 1 aliphatic carbocycles. The molecule has 0 radical (unpaired) electrons. The molecule has 5 nitrogen and oxygen atoms in total. The van der Waals surface area contributed by atoms with Crippen molar-refractivity contribution < 1.29 is 18.0 Å². The Bertz CT molecular complexity index is 407. The van der Waals surface area contributed by atoms with Gasteiger partial charge < -0.3 is 15.1 Å². The van der Waals surface area contributed by atoms with Gasteiger partial charge in [0, 0.05) is 25.7 Å². The van der Waals surface area contributed by atoms with Crippen LogP contribution in [0.5, 0.6) is 0 Å². The molecule has 2 aliphatic rings. The van der Waals surface area contributed by atoms with Gasteiger partial charge in [0.15, 0.2) is 5.96 Å². The summed E-state index contributed by atoms with van der Waals surface area (Å²) in [5.41, 5.74) is 0. The summed E-state index contributed by atoms with van der Waals surface area (Å²) in [5.74, 6) is 0.427. The van der Waals surface area contributed by atoms with Crippen LogP contribution in [-0.2, 0) is 4.79 Å². The van der Waals surface area contributed by atoms with Gasteiger partial charge in [-0.3, -0.25) is 9.79 Å². The predicted octanol–water partition coefficient (Wildman–Crippen LogP) is 1.21. The molecule has 21 heavy (non-hydrogen) atoms. The molecule has 8 heteroatoms. The number of amides is 1. The van der Waals surface area contributed by atoms with E-state index in [4.69, 9.17) is 0 Å². The van der Waals surface area contributed by atoms with Gasteiger partial charge in [-0.1, -0.05) is 0 Å². The van der Waals surface area contributed by atoms with E-state index in [-0.39, 0.29) is 19.0 Å². The lowest BCUT2D eigenvalue weighted by Crippen LogP contribution is -2.55. The van der Waals surface area contributed by atoms with Gasteiger partial charge in [-0.25, -0.2) is 0 Å². The van der Waals surface area contributed by atoms with Gasteiger partial charge in [-0.15, -0.1) is 0 Å². The Balaban J connectivity index is 1.91. The quantitative estimate of drug-likeness (QED) is 0.627. The number of aliphatic imine (C=N–C) groups is 1. The molecule has 2 fully saturated rings. The third-order valence-electron chi connectivity index (χ3n) is 3.54. The maximum absolute atomic E-state index is 12.2. The van der Waals surface area contributed by atoms with Gasteiger partial charge in [-0.2, -0.15) is 13.2 Å². The third-order valence-corrected chi connectivity index (χ3v) is 3.54. The summed E-state index contributed by atoms with van der Waals surface area (Å²) in [6.45, 7) is 3.51. The SMILES string of the molecule is CCNC(=NCCC(F)(F)F)N1CCN(C2CC2)C(=O)C1. The van der Waals surface area contributed by atoms with Crippen LogP contribution in [0.3, 0.4) is 0 Å². The molecular weight excluding hydrogens is 285 g/mol. The lowest BCUT2D eigenvalue weighted by molar-refractivity contribution is -0.135. The molecule has 1 amide bonds. The fraction of sp³-hybridized carbons (Fsp3) is 0.846. The molecule has 0 unspecified atom stereocenters. The summed E-state index contributed by atoms with van der Waals surface area (Å²) < 4.78 is 36.5. The number of nitrogens with zero attached hydrogens (tertiary/aromatic N) is 3. The fourth-order valence-electron chi connectivity index (χ4n) is 2.35. The smallest absolute Gasteiger partial charge is 0.357 e. The Hall–Kier alpha value is -1.47. The van der Waals surface area contributed by atoms with Gasteiger partial charge in [0.05, 0.1) is 19.5 Å². The fourth-order valence-corrected chi connectivity index (χ4v) is 2.35. The van der Waals surface area contributed by atoms with Gasteiger partial charge in [-0.05, 0) is 19.8 Å². The topological polar surface area (TPSA) is 47.9 Å². The van der Waals surface area contributed by atoms with Gasteiger partial charge in [0.1, 0.15) is 0 Å². The zero-order chi connectivity index (χ0) is 15.5. The highest BCUT2D eigenvalue weighted by molar-refractivity contribution is 5.88. The first-order valence-electron chi connectivity index (χ1n) is 7.30. The van der Waals surface area contributed by atoms with Crippen LogP contribution in [-0.4, -0.2) is 66.6 Å². The van der Waals surface area contributed by atoms with Crippen molar-refractivity contribution in [2.75, 3.05) is 32.7 Å². The molecule has 2 rings (SSSR count). The normalized spacial score (nSPS) is 21.0. The standard InChI is InChI=1S/C13H21F3N4O/c1-2-17-12(18-6-5-13(14,15)16)19-7-8-20(10-3-4-10)11(21)9-19/h10H,2-9H2,1H3,(H,17,18). The second kappa shape index (κ2) is 6.53. The van der Waals surface area contributed by atoms with Crippen LogP contribution in [0.15, 0.2) is 4.99 Å². The number of hydrogen-bond acceptors (Lipinski definition) is 2. The predicted molar refractivity (Wildman–Crippen MR) is 73.0 cm³/mol. The minimum Gasteiger partial charge on any atom is -0.357 e. The first-order chi connectivity index (χ1) is 9.90. The maximum Gasteiger partial charge on any atom is 0.390 e. The highest BCUT2D eigenvalue weighted by atomic mass is 19.4. The summed E-state index contributed by atoms with van der Waals surface area (Å²) in [7, 11) is 0. The zero-order valence-corrected chi connectivity index (χ0v) is 12.1. The molecule has 1 saturated carbocycles. The molecule has 1 saturated heterocycles. The second-order valence-corrected chi connectivity index (χ2v) is 5.34. The Morgan fingerprint density at radius 3 is 2.62 bits per heavy atom. The number of guanidine groups is 1. The molecule has 0 atom stereocenters. The van der Waals surface area contributed by atoms with Crippen LogP contribution in [0.2, 0.25) is 0 Å². The van der Waals surface area contributed by atoms with Crippen molar-refractivity contribution in [2.45, 2.75) is 38.4 Å². The summed E-state index contributed by atoms with van der Waals surface area (Å²) in [4.78, 5) is 19.6. The van der Waals surface area contributed by atoms with Crippen molar-refractivity contribution in [2.24, 2.45) is 4.99 Å². The van der Waals surface area contributed by atoms with E-state index in [1.165, 1.54) is 0 Å². The number of alkyl halides is 3. The molecule has 0 aromatic heterocycles. The Morgan fingerprint density at radius 2 is 2.10 bits per heavy atom. The first kappa shape index (κ1) is 15.9. The van der Waals surface area contributed by atoms with E-state index in [0.717, 1.165) is 12.8 Å². The molecule has 1 heterocycles. The zero-order valence-electron chi connectivity index (χ0n) is 12.1. The van der Waals surface area contributed by atoms with Crippen molar-refractivity contribution in [3.8, 4) is 0 Å². The molecule has 1 aliphatic heterocycles. The number of piperazine rings is 1. The minimum absolute atomic E-state index is 0.0326. The number of carbonyl (C=O) groups excluding carboxylic acids is 1.